The topological polar surface area (TPSA) is 78.9 Å². The lowest BCUT2D eigenvalue weighted by molar-refractivity contribution is -0.167. The van der Waals surface area contributed by atoms with E-state index >= 15 is 0 Å². The lowest BCUT2D eigenvalue weighted by Crippen LogP contribution is -2.30. The molecule has 0 spiro atoms. The second kappa shape index (κ2) is 64.6. The van der Waals surface area contributed by atoms with Gasteiger partial charge in [-0.3, -0.25) is 14.4 Å². The van der Waals surface area contributed by atoms with E-state index in [0.29, 0.717) is 19.3 Å². The van der Waals surface area contributed by atoms with Crippen molar-refractivity contribution in [3.05, 3.63) is 60.8 Å². The van der Waals surface area contributed by atoms with Crippen LogP contribution in [-0.2, 0) is 28.6 Å². The molecule has 1 atom stereocenters. The fraction of sp³-hybridized carbons (Fsp3) is 0.814. The van der Waals surface area contributed by atoms with E-state index in [1.807, 2.05) is 0 Å². The lowest BCUT2D eigenvalue weighted by atomic mass is 10.0. The molecule has 0 aromatic heterocycles. The Morgan fingerprint density at radius 2 is 0.513 bits per heavy atom. The van der Waals surface area contributed by atoms with Crippen molar-refractivity contribution in [3.63, 3.8) is 0 Å². The van der Waals surface area contributed by atoms with Gasteiger partial charge in [0, 0.05) is 19.3 Å². The molecule has 0 saturated carbocycles. The maximum atomic E-state index is 12.9. The van der Waals surface area contributed by atoms with Crippen LogP contribution in [0.15, 0.2) is 60.8 Å². The van der Waals surface area contributed by atoms with E-state index in [-0.39, 0.29) is 31.1 Å². The predicted molar refractivity (Wildman–Crippen MR) is 330 cm³/mol. The van der Waals surface area contributed by atoms with Crippen molar-refractivity contribution >= 4 is 17.9 Å². The third-order valence-corrected chi connectivity index (χ3v) is 14.8. The van der Waals surface area contributed by atoms with E-state index in [4.69, 9.17) is 14.2 Å². The van der Waals surface area contributed by atoms with Crippen LogP contribution < -0.4 is 0 Å². The first-order chi connectivity index (χ1) is 37.5. The summed E-state index contributed by atoms with van der Waals surface area (Å²) >= 11 is 0. The average Bonchev–Trinajstić information content (AvgIpc) is 3.42. The van der Waals surface area contributed by atoms with Gasteiger partial charge in [-0.1, -0.05) is 326 Å². The first-order valence-corrected chi connectivity index (χ1v) is 33.3. The summed E-state index contributed by atoms with van der Waals surface area (Å²) < 4.78 is 16.9. The van der Waals surface area contributed by atoms with E-state index in [1.165, 1.54) is 218 Å². The highest BCUT2D eigenvalue weighted by Crippen LogP contribution is 2.18. The predicted octanol–water partition coefficient (Wildman–Crippen LogP) is 22.7. The molecule has 0 heterocycles. The van der Waals surface area contributed by atoms with Crippen LogP contribution in [0.5, 0.6) is 0 Å². The lowest BCUT2D eigenvalue weighted by Gasteiger charge is -2.18. The molecule has 0 saturated heterocycles. The number of carbonyl (C=O) groups is 3. The van der Waals surface area contributed by atoms with Gasteiger partial charge in [-0.2, -0.15) is 0 Å². The van der Waals surface area contributed by atoms with E-state index in [1.54, 1.807) is 0 Å². The minimum atomic E-state index is -0.770. The van der Waals surface area contributed by atoms with Crippen molar-refractivity contribution in [2.45, 2.75) is 354 Å². The highest BCUT2D eigenvalue weighted by Gasteiger charge is 2.19. The quantitative estimate of drug-likeness (QED) is 0.0261. The molecule has 0 N–H and O–H groups in total. The molecule has 6 nitrogen and oxygen atoms in total. The molecule has 0 aliphatic carbocycles. The first kappa shape index (κ1) is 73.1. The summed E-state index contributed by atoms with van der Waals surface area (Å²) in [7, 11) is 0. The number of rotatable bonds is 61. The van der Waals surface area contributed by atoms with Crippen LogP contribution in [0.1, 0.15) is 348 Å². The molecule has 76 heavy (non-hydrogen) atoms. The van der Waals surface area contributed by atoms with Crippen molar-refractivity contribution in [2.24, 2.45) is 0 Å². The second-order valence-electron chi connectivity index (χ2n) is 22.4. The molecule has 0 aliphatic rings. The van der Waals surface area contributed by atoms with Gasteiger partial charge in [-0.25, -0.2) is 0 Å². The summed E-state index contributed by atoms with van der Waals surface area (Å²) in [5.74, 6) is -0.851. The number of hydrogen-bond donors (Lipinski definition) is 0. The van der Waals surface area contributed by atoms with Gasteiger partial charge in [0.05, 0.1) is 0 Å². The summed E-state index contributed by atoms with van der Waals surface area (Å²) in [6.07, 6.45) is 82.5. The highest BCUT2D eigenvalue weighted by molar-refractivity contribution is 5.71. The van der Waals surface area contributed by atoms with Crippen molar-refractivity contribution in [1.29, 1.82) is 0 Å². The summed E-state index contributed by atoms with van der Waals surface area (Å²) in [5, 5.41) is 0. The van der Waals surface area contributed by atoms with E-state index in [0.717, 1.165) is 89.9 Å². The van der Waals surface area contributed by atoms with Gasteiger partial charge in [0.15, 0.2) is 6.10 Å². The number of esters is 3. The molecular weight excluding hydrogens is 937 g/mol. The smallest absolute Gasteiger partial charge is 0.306 e. The van der Waals surface area contributed by atoms with Crippen LogP contribution >= 0.6 is 0 Å². The number of carbonyl (C=O) groups excluding carboxylic acids is 3. The Hall–Kier alpha value is -2.89. The second-order valence-corrected chi connectivity index (χ2v) is 22.4. The Labute approximate surface area is 472 Å². The zero-order valence-electron chi connectivity index (χ0n) is 50.8. The van der Waals surface area contributed by atoms with Gasteiger partial charge in [0.25, 0.3) is 0 Å². The van der Waals surface area contributed by atoms with Gasteiger partial charge in [-0.05, 0) is 64.2 Å². The standard InChI is InChI=1S/C70H126O6/c1-4-7-10-13-16-19-21-23-25-27-29-31-32-33-34-35-36-37-38-39-41-42-44-46-48-51-54-57-60-63-69(72)75-66-67(65-74-68(71)62-59-56-53-50-18-15-12-9-6-3)76-70(73)64-61-58-55-52-49-47-45-43-40-30-28-26-24-22-20-17-14-11-8-5-2/h7,10,16,19,23,25,29,31,33-34,67H,4-6,8-9,11-15,17-18,20-22,24,26-28,30,32,35-66H2,1-3H3/b10-7-,19-16-,25-23-,31-29-,34-33-. The maximum absolute atomic E-state index is 12.9. The minimum absolute atomic E-state index is 0.0685. The van der Waals surface area contributed by atoms with E-state index < -0.39 is 6.10 Å². The van der Waals surface area contributed by atoms with Crippen LogP contribution in [0, 0.1) is 0 Å². The largest absolute Gasteiger partial charge is 0.462 e. The van der Waals surface area contributed by atoms with Gasteiger partial charge >= 0.3 is 17.9 Å². The van der Waals surface area contributed by atoms with Gasteiger partial charge < -0.3 is 14.2 Å². The van der Waals surface area contributed by atoms with Crippen molar-refractivity contribution in [1.82, 2.24) is 0 Å². The van der Waals surface area contributed by atoms with Crippen LogP contribution in [0.25, 0.3) is 0 Å². The van der Waals surface area contributed by atoms with Crippen molar-refractivity contribution < 1.29 is 28.6 Å². The zero-order valence-corrected chi connectivity index (χ0v) is 50.8. The minimum Gasteiger partial charge on any atom is -0.462 e. The molecule has 0 fully saturated rings. The fourth-order valence-corrected chi connectivity index (χ4v) is 9.83. The Kier molecular flexibility index (Phi) is 62.2. The monoisotopic (exact) mass is 1060 g/mol. The number of ether oxygens (including phenoxy) is 3. The summed E-state index contributed by atoms with van der Waals surface area (Å²) in [4.78, 5) is 38.2. The third kappa shape index (κ3) is 62.0. The SMILES string of the molecule is CC/C=C\C/C=C\C/C=C\C/C=C\C/C=C\CCCCCCCCCCCCCCCC(=O)OCC(COC(=O)CCCCCCCCCCC)OC(=O)CCCCCCCCCCCCCCCCCCCCCC. The molecule has 0 bridgehead atoms. The molecule has 0 aromatic rings. The number of unbranched alkanes of at least 4 members (excludes halogenated alkanes) is 40. The van der Waals surface area contributed by atoms with E-state index in [9.17, 15) is 14.4 Å². The summed E-state index contributed by atoms with van der Waals surface area (Å²) in [6.45, 7) is 6.56. The van der Waals surface area contributed by atoms with Gasteiger partial charge in [0.2, 0.25) is 0 Å². The Morgan fingerprint density at radius 1 is 0.276 bits per heavy atom. The molecule has 6 heteroatoms. The molecule has 0 amide bonds. The van der Waals surface area contributed by atoms with Crippen LogP contribution in [0.3, 0.4) is 0 Å². The third-order valence-electron chi connectivity index (χ3n) is 14.8. The van der Waals surface area contributed by atoms with Crippen molar-refractivity contribution in [2.75, 3.05) is 13.2 Å². The summed E-state index contributed by atoms with van der Waals surface area (Å²) in [6, 6.07) is 0. The molecule has 0 aliphatic heterocycles. The normalized spacial score (nSPS) is 12.4. The maximum Gasteiger partial charge on any atom is 0.306 e. The molecule has 442 valence electrons. The average molecular weight is 1060 g/mol. The van der Waals surface area contributed by atoms with E-state index in [2.05, 4.69) is 81.5 Å². The Balaban J connectivity index is 4.13. The van der Waals surface area contributed by atoms with Crippen molar-refractivity contribution in [3.8, 4) is 0 Å². The molecular formula is C70H126O6. The number of allylic oxidation sites excluding steroid dienone is 10. The fourth-order valence-electron chi connectivity index (χ4n) is 9.83. The molecule has 0 aromatic carbocycles. The number of hydrogen-bond acceptors (Lipinski definition) is 6. The Morgan fingerprint density at radius 3 is 0.803 bits per heavy atom. The van der Waals surface area contributed by atoms with Gasteiger partial charge in [0.1, 0.15) is 13.2 Å². The molecule has 1 unspecified atom stereocenters. The van der Waals surface area contributed by atoms with Crippen LogP contribution in [0.2, 0.25) is 0 Å². The highest BCUT2D eigenvalue weighted by atomic mass is 16.6. The van der Waals surface area contributed by atoms with Crippen LogP contribution in [-0.4, -0.2) is 37.2 Å². The molecule has 0 radical (unpaired) electrons. The van der Waals surface area contributed by atoms with Crippen LogP contribution in [0.4, 0.5) is 0 Å². The Bertz CT molecular complexity index is 1360. The zero-order chi connectivity index (χ0) is 55.0. The first-order valence-electron chi connectivity index (χ1n) is 33.3. The molecule has 0 rings (SSSR count). The summed E-state index contributed by atoms with van der Waals surface area (Å²) in [5.41, 5.74) is 0. The van der Waals surface area contributed by atoms with Gasteiger partial charge in [-0.15, -0.1) is 0 Å².